The minimum Gasteiger partial charge on any atom is -0.357 e. The van der Waals surface area contributed by atoms with Crippen molar-refractivity contribution in [3.63, 3.8) is 0 Å². The molecule has 2 rings (SSSR count). The summed E-state index contributed by atoms with van der Waals surface area (Å²) in [6, 6.07) is 8.13. The standard InChI is InChI=1S/C15H22N4O/c1-3-17-15(19-13-7-8-13)18-10-11-5-4-6-12(9-11)14(20)16-2/h4-6,9,13H,3,7-8,10H2,1-2H3,(H,16,20)(H2,17,18,19). The van der Waals surface area contributed by atoms with Gasteiger partial charge >= 0.3 is 0 Å². The smallest absolute Gasteiger partial charge is 0.251 e. The maximum absolute atomic E-state index is 11.6. The fourth-order valence-corrected chi connectivity index (χ4v) is 1.87. The largest absolute Gasteiger partial charge is 0.357 e. The molecule has 0 atom stereocenters. The topological polar surface area (TPSA) is 65.5 Å². The molecule has 1 fully saturated rings. The van der Waals surface area contributed by atoms with Gasteiger partial charge in [-0.25, -0.2) is 4.99 Å². The highest BCUT2D eigenvalue weighted by molar-refractivity contribution is 5.94. The van der Waals surface area contributed by atoms with Gasteiger partial charge in [0.25, 0.3) is 5.91 Å². The number of rotatable bonds is 5. The number of nitrogens with zero attached hydrogens (tertiary/aromatic N) is 1. The molecule has 1 amide bonds. The Balaban J connectivity index is 2.01. The van der Waals surface area contributed by atoms with E-state index in [2.05, 4.69) is 27.9 Å². The lowest BCUT2D eigenvalue weighted by atomic mass is 10.1. The Morgan fingerprint density at radius 3 is 2.85 bits per heavy atom. The summed E-state index contributed by atoms with van der Waals surface area (Å²) in [7, 11) is 1.63. The van der Waals surface area contributed by atoms with Crippen LogP contribution in [0.2, 0.25) is 0 Å². The second-order valence-electron chi connectivity index (χ2n) is 4.89. The summed E-state index contributed by atoms with van der Waals surface area (Å²) in [6.45, 7) is 3.46. The minimum atomic E-state index is -0.0705. The minimum absolute atomic E-state index is 0.0705. The number of benzene rings is 1. The number of hydrogen-bond donors (Lipinski definition) is 3. The van der Waals surface area contributed by atoms with Crippen molar-refractivity contribution in [2.75, 3.05) is 13.6 Å². The molecule has 0 aliphatic heterocycles. The number of nitrogens with one attached hydrogen (secondary N) is 3. The van der Waals surface area contributed by atoms with Gasteiger partial charge in [0.2, 0.25) is 0 Å². The van der Waals surface area contributed by atoms with Crippen LogP contribution in [0.3, 0.4) is 0 Å². The summed E-state index contributed by atoms with van der Waals surface area (Å²) in [5.41, 5.74) is 1.69. The number of carbonyl (C=O) groups is 1. The molecule has 0 spiro atoms. The van der Waals surface area contributed by atoms with E-state index >= 15 is 0 Å². The maximum Gasteiger partial charge on any atom is 0.251 e. The van der Waals surface area contributed by atoms with Crippen molar-refractivity contribution in [1.82, 2.24) is 16.0 Å². The molecule has 5 heteroatoms. The predicted octanol–water partition coefficient (Wildman–Crippen LogP) is 1.26. The molecule has 0 radical (unpaired) electrons. The van der Waals surface area contributed by atoms with Gasteiger partial charge in [0.1, 0.15) is 0 Å². The molecule has 0 saturated heterocycles. The van der Waals surface area contributed by atoms with E-state index in [1.165, 1.54) is 12.8 Å². The number of amides is 1. The first-order valence-corrected chi connectivity index (χ1v) is 7.08. The zero-order valence-electron chi connectivity index (χ0n) is 12.1. The summed E-state index contributed by atoms with van der Waals surface area (Å²) in [6.07, 6.45) is 2.44. The third-order valence-electron chi connectivity index (χ3n) is 3.10. The van der Waals surface area contributed by atoms with Crippen LogP contribution in [0.1, 0.15) is 35.7 Å². The van der Waals surface area contributed by atoms with Crippen LogP contribution in [0.15, 0.2) is 29.3 Å². The first-order chi connectivity index (χ1) is 9.72. The molecule has 0 heterocycles. The van der Waals surface area contributed by atoms with Crippen molar-refractivity contribution in [2.45, 2.75) is 32.4 Å². The van der Waals surface area contributed by atoms with Crippen LogP contribution in [-0.2, 0) is 6.54 Å². The molecule has 1 aromatic rings. The van der Waals surface area contributed by atoms with E-state index in [1.54, 1.807) is 13.1 Å². The SMILES string of the molecule is CCNC(=NCc1cccc(C(=O)NC)c1)NC1CC1. The van der Waals surface area contributed by atoms with Gasteiger partial charge in [-0.2, -0.15) is 0 Å². The molecule has 1 saturated carbocycles. The number of aliphatic imine (C=N–C) groups is 1. The molecule has 108 valence electrons. The highest BCUT2D eigenvalue weighted by Gasteiger charge is 2.21. The molecule has 0 bridgehead atoms. The third-order valence-corrected chi connectivity index (χ3v) is 3.10. The highest BCUT2D eigenvalue weighted by atomic mass is 16.1. The van der Waals surface area contributed by atoms with Crippen molar-refractivity contribution in [3.8, 4) is 0 Å². The Hall–Kier alpha value is -2.04. The number of carbonyl (C=O) groups excluding carboxylic acids is 1. The van der Waals surface area contributed by atoms with E-state index in [0.717, 1.165) is 18.1 Å². The normalized spacial score (nSPS) is 14.8. The molecule has 5 nitrogen and oxygen atoms in total. The van der Waals surface area contributed by atoms with E-state index in [-0.39, 0.29) is 5.91 Å². The van der Waals surface area contributed by atoms with Crippen molar-refractivity contribution in [3.05, 3.63) is 35.4 Å². The Labute approximate surface area is 119 Å². The average Bonchev–Trinajstić information content (AvgIpc) is 3.28. The molecule has 1 aromatic carbocycles. The van der Waals surface area contributed by atoms with Crippen LogP contribution in [0.5, 0.6) is 0 Å². The molecule has 1 aliphatic rings. The molecule has 3 N–H and O–H groups in total. The summed E-state index contributed by atoms with van der Waals surface area (Å²) in [5.74, 6) is 0.777. The Morgan fingerprint density at radius 1 is 1.40 bits per heavy atom. The molecular weight excluding hydrogens is 252 g/mol. The summed E-state index contributed by atoms with van der Waals surface area (Å²) < 4.78 is 0. The maximum atomic E-state index is 11.6. The number of guanidine groups is 1. The van der Waals surface area contributed by atoms with Gasteiger partial charge in [0.15, 0.2) is 5.96 Å². The Bertz CT molecular complexity index is 494. The van der Waals surface area contributed by atoms with Crippen LogP contribution in [0, 0.1) is 0 Å². The molecular formula is C15H22N4O. The van der Waals surface area contributed by atoms with E-state index < -0.39 is 0 Å². The highest BCUT2D eigenvalue weighted by Crippen LogP contribution is 2.18. The fourth-order valence-electron chi connectivity index (χ4n) is 1.87. The fraction of sp³-hybridized carbons (Fsp3) is 0.467. The van der Waals surface area contributed by atoms with Crippen LogP contribution < -0.4 is 16.0 Å². The number of hydrogen-bond acceptors (Lipinski definition) is 2. The van der Waals surface area contributed by atoms with Crippen molar-refractivity contribution in [2.24, 2.45) is 4.99 Å². The van der Waals surface area contributed by atoms with Gasteiger partial charge in [-0.15, -0.1) is 0 Å². The molecule has 0 unspecified atom stereocenters. The second kappa shape index (κ2) is 6.93. The first kappa shape index (κ1) is 14.4. The van der Waals surface area contributed by atoms with Gasteiger partial charge in [0.05, 0.1) is 6.54 Å². The summed E-state index contributed by atoms with van der Waals surface area (Å²) in [4.78, 5) is 16.1. The van der Waals surface area contributed by atoms with Gasteiger partial charge in [0, 0.05) is 25.2 Å². The zero-order valence-corrected chi connectivity index (χ0v) is 12.1. The summed E-state index contributed by atoms with van der Waals surface area (Å²) in [5, 5.41) is 9.23. The van der Waals surface area contributed by atoms with E-state index in [0.29, 0.717) is 18.2 Å². The van der Waals surface area contributed by atoms with E-state index in [9.17, 15) is 4.79 Å². The Kier molecular flexibility index (Phi) is 4.98. The quantitative estimate of drug-likeness (QED) is 0.559. The van der Waals surface area contributed by atoms with E-state index in [1.807, 2.05) is 18.2 Å². The van der Waals surface area contributed by atoms with Crippen molar-refractivity contribution < 1.29 is 4.79 Å². The predicted molar refractivity (Wildman–Crippen MR) is 80.8 cm³/mol. The third kappa shape index (κ3) is 4.26. The average molecular weight is 274 g/mol. The van der Waals surface area contributed by atoms with Crippen LogP contribution >= 0.6 is 0 Å². The van der Waals surface area contributed by atoms with Gasteiger partial charge in [-0.05, 0) is 37.5 Å². The molecule has 1 aliphatic carbocycles. The van der Waals surface area contributed by atoms with Crippen LogP contribution in [-0.4, -0.2) is 31.5 Å². The van der Waals surface area contributed by atoms with Gasteiger partial charge in [-0.1, -0.05) is 12.1 Å². The van der Waals surface area contributed by atoms with Crippen LogP contribution in [0.4, 0.5) is 0 Å². The van der Waals surface area contributed by atoms with Crippen molar-refractivity contribution >= 4 is 11.9 Å². The van der Waals surface area contributed by atoms with Crippen molar-refractivity contribution in [1.29, 1.82) is 0 Å². The first-order valence-electron chi connectivity index (χ1n) is 7.08. The summed E-state index contributed by atoms with van der Waals surface area (Å²) >= 11 is 0. The zero-order chi connectivity index (χ0) is 14.4. The van der Waals surface area contributed by atoms with Gasteiger partial charge in [-0.3, -0.25) is 4.79 Å². The lowest BCUT2D eigenvalue weighted by Crippen LogP contribution is -2.38. The molecule has 0 aromatic heterocycles. The second-order valence-corrected chi connectivity index (χ2v) is 4.89. The lowest BCUT2D eigenvalue weighted by Gasteiger charge is -2.10. The van der Waals surface area contributed by atoms with E-state index in [4.69, 9.17) is 0 Å². The lowest BCUT2D eigenvalue weighted by molar-refractivity contribution is 0.0963. The monoisotopic (exact) mass is 274 g/mol. The Morgan fingerprint density at radius 2 is 2.20 bits per heavy atom. The van der Waals surface area contributed by atoms with Gasteiger partial charge < -0.3 is 16.0 Å². The molecule has 20 heavy (non-hydrogen) atoms. The van der Waals surface area contributed by atoms with Crippen LogP contribution in [0.25, 0.3) is 0 Å².